The maximum atomic E-state index is 6.04. The predicted molar refractivity (Wildman–Crippen MR) is 85.3 cm³/mol. The lowest BCUT2D eigenvalue weighted by Gasteiger charge is -2.16. The van der Waals surface area contributed by atoms with Crippen molar-refractivity contribution >= 4 is 44.8 Å². The van der Waals surface area contributed by atoms with E-state index in [-0.39, 0.29) is 0 Å². The second kappa shape index (κ2) is 5.35. The van der Waals surface area contributed by atoms with Crippen molar-refractivity contribution in [1.29, 1.82) is 0 Å². The first-order valence-electron chi connectivity index (χ1n) is 6.13. The molecule has 0 heterocycles. The molecule has 4 heteroatoms. The van der Waals surface area contributed by atoms with E-state index in [1.807, 2.05) is 18.2 Å². The summed E-state index contributed by atoms with van der Waals surface area (Å²) < 4.78 is 1.14. The molecule has 0 saturated heterocycles. The maximum absolute atomic E-state index is 6.04. The Morgan fingerprint density at radius 2 is 1.89 bits per heavy atom. The molecule has 1 unspecified atom stereocenters. The summed E-state index contributed by atoms with van der Waals surface area (Å²) in [5, 5.41) is 4.70. The number of hydrogen-bond donors (Lipinski definition) is 1. The number of hydrogen-bond acceptors (Lipinski definition) is 1. The lowest BCUT2D eigenvalue weighted by Crippen LogP contribution is -2.06. The first-order chi connectivity index (χ1) is 9.13. The van der Waals surface area contributed by atoms with Gasteiger partial charge in [-0.2, -0.15) is 0 Å². The summed E-state index contributed by atoms with van der Waals surface area (Å²) >= 11 is 15.5. The smallest absolute Gasteiger partial charge is 0.0612 e. The topological polar surface area (TPSA) is 12.0 Å². The van der Waals surface area contributed by atoms with Gasteiger partial charge in [-0.05, 0) is 54.3 Å². The van der Waals surface area contributed by atoms with Gasteiger partial charge in [-0.25, -0.2) is 0 Å². The molecule has 1 atom stereocenters. The monoisotopic (exact) mass is 355 g/mol. The number of benzene rings is 2. The van der Waals surface area contributed by atoms with E-state index in [1.54, 1.807) is 0 Å². The van der Waals surface area contributed by atoms with Crippen LogP contribution in [0.15, 0.2) is 40.9 Å². The Hall–Kier alpha value is -0.700. The Labute approximate surface area is 131 Å². The molecule has 0 bridgehead atoms. The summed E-state index contributed by atoms with van der Waals surface area (Å²) in [6, 6.07) is 12.5. The molecule has 1 aliphatic rings. The van der Waals surface area contributed by atoms with Gasteiger partial charge in [-0.15, -0.1) is 0 Å². The Morgan fingerprint density at radius 3 is 2.68 bits per heavy atom. The summed E-state index contributed by atoms with van der Waals surface area (Å²) in [5.41, 5.74) is 3.79. The van der Waals surface area contributed by atoms with Gasteiger partial charge in [0.25, 0.3) is 0 Å². The molecule has 0 amide bonds. The van der Waals surface area contributed by atoms with Gasteiger partial charge in [0.15, 0.2) is 0 Å². The largest absolute Gasteiger partial charge is 0.378 e. The molecule has 19 heavy (non-hydrogen) atoms. The van der Waals surface area contributed by atoms with Crippen LogP contribution in [0.25, 0.3) is 0 Å². The third-order valence-corrected chi connectivity index (χ3v) is 4.68. The number of rotatable bonds is 2. The van der Waals surface area contributed by atoms with E-state index >= 15 is 0 Å². The van der Waals surface area contributed by atoms with Crippen molar-refractivity contribution in [3.8, 4) is 0 Å². The number of nitrogens with one attached hydrogen (secondary N) is 1. The van der Waals surface area contributed by atoms with Crippen molar-refractivity contribution < 1.29 is 0 Å². The number of halogens is 3. The van der Waals surface area contributed by atoms with Crippen LogP contribution in [0.1, 0.15) is 23.6 Å². The van der Waals surface area contributed by atoms with E-state index in [2.05, 4.69) is 39.4 Å². The number of fused-ring (bicyclic) bond motifs is 1. The average molecular weight is 357 g/mol. The van der Waals surface area contributed by atoms with Gasteiger partial charge in [0, 0.05) is 10.2 Å². The highest BCUT2D eigenvalue weighted by molar-refractivity contribution is 9.10. The standard InChI is InChI=1S/C15H12BrCl2N/c16-10-2-4-12-9(7-10)1-6-15(12)19-11-3-5-13(17)14(18)8-11/h2-5,7-8,15,19H,1,6H2. The molecule has 0 spiro atoms. The molecule has 1 N–H and O–H groups in total. The highest BCUT2D eigenvalue weighted by atomic mass is 79.9. The Morgan fingerprint density at radius 1 is 1.05 bits per heavy atom. The zero-order chi connectivity index (χ0) is 13.4. The van der Waals surface area contributed by atoms with E-state index in [9.17, 15) is 0 Å². The summed E-state index contributed by atoms with van der Waals surface area (Å²) in [4.78, 5) is 0. The summed E-state index contributed by atoms with van der Waals surface area (Å²) in [7, 11) is 0. The van der Waals surface area contributed by atoms with Crippen LogP contribution >= 0.6 is 39.1 Å². The molecule has 98 valence electrons. The fourth-order valence-electron chi connectivity index (χ4n) is 2.52. The van der Waals surface area contributed by atoms with Gasteiger partial charge in [0.1, 0.15) is 0 Å². The highest BCUT2D eigenvalue weighted by Crippen LogP contribution is 2.36. The van der Waals surface area contributed by atoms with Crippen molar-refractivity contribution in [2.24, 2.45) is 0 Å². The SMILES string of the molecule is Clc1ccc(NC2CCc3cc(Br)ccc32)cc1Cl. The summed E-state index contributed by atoms with van der Waals surface area (Å²) in [6.45, 7) is 0. The Bertz CT molecular complexity index is 628. The average Bonchev–Trinajstić information content (AvgIpc) is 2.76. The fourth-order valence-corrected chi connectivity index (χ4v) is 3.23. The van der Waals surface area contributed by atoms with Gasteiger partial charge in [-0.3, -0.25) is 0 Å². The third-order valence-electron chi connectivity index (χ3n) is 3.44. The molecule has 3 rings (SSSR count). The minimum absolute atomic E-state index is 0.348. The first kappa shape index (κ1) is 13.3. The molecular formula is C15H12BrCl2N. The number of aryl methyl sites for hydroxylation is 1. The quantitative estimate of drug-likeness (QED) is 0.711. The van der Waals surface area contributed by atoms with Crippen molar-refractivity contribution in [3.63, 3.8) is 0 Å². The summed E-state index contributed by atoms with van der Waals surface area (Å²) in [6.07, 6.45) is 2.21. The molecular weight excluding hydrogens is 345 g/mol. The highest BCUT2D eigenvalue weighted by Gasteiger charge is 2.22. The van der Waals surface area contributed by atoms with Crippen molar-refractivity contribution in [2.75, 3.05) is 5.32 Å². The van der Waals surface area contributed by atoms with Gasteiger partial charge >= 0.3 is 0 Å². The molecule has 2 aromatic carbocycles. The maximum Gasteiger partial charge on any atom is 0.0612 e. The Balaban J connectivity index is 1.84. The van der Waals surface area contributed by atoms with E-state index in [1.165, 1.54) is 11.1 Å². The van der Waals surface area contributed by atoms with Crippen molar-refractivity contribution in [1.82, 2.24) is 0 Å². The number of anilines is 1. The zero-order valence-corrected chi connectivity index (χ0v) is 13.2. The van der Waals surface area contributed by atoms with E-state index in [0.29, 0.717) is 16.1 Å². The van der Waals surface area contributed by atoms with E-state index in [0.717, 1.165) is 23.0 Å². The first-order valence-corrected chi connectivity index (χ1v) is 7.68. The van der Waals surface area contributed by atoms with Gasteiger partial charge < -0.3 is 5.32 Å². The van der Waals surface area contributed by atoms with Crippen LogP contribution < -0.4 is 5.32 Å². The molecule has 0 fully saturated rings. The predicted octanol–water partition coefficient (Wildman–Crippen LogP) is 5.86. The minimum atomic E-state index is 0.348. The second-order valence-electron chi connectivity index (χ2n) is 4.71. The fraction of sp³-hybridized carbons (Fsp3) is 0.200. The van der Waals surface area contributed by atoms with E-state index < -0.39 is 0 Å². The normalized spacial score (nSPS) is 17.3. The van der Waals surface area contributed by atoms with Crippen LogP contribution in [0.4, 0.5) is 5.69 Å². The molecule has 2 aromatic rings. The second-order valence-corrected chi connectivity index (χ2v) is 6.44. The van der Waals surface area contributed by atoms with Gasteiger partial charge in [0.2, 0.25) is 0 Å². The molecule has 1 aliphatic carbocycles. The lowest BCUT2D eigenvalue weighted by atomic mass is 10.1. The van der Waals surface area contributed by atoms with Crippen molar-refractivity contribution in [3.05, 3.63) is 62.0 Å². The van der Waals surface area contributed by atoms with Crippen LogP contribution in [0.2, 0.25) is 10.0 Å². The lowest BCUT2D eigenvalue weighted by molar-refractivity contribution is 0.762. The van der Waals surface area contributed by atoms with Crippen LogP contribution in [0, 0.1) is 0 Å². The summed E-state index contributed by atoms with van der Waals surface area (Å²) in [5.74, 6) is 0. The van der Waals surface area contributed by atoms with Gasteiger partial charge in [-0.1, -0.05) is 45.2 Å². The molecule has 0 aliphatic heterocycles. The van der Waals surface area contributed by atoms with Crippen LogP contribution in [0.5, 0.6) is 0 Å². The van der Waals surface area contributed by atoms with Crippen molar-refractivity contribution in [2.45, 2.75) is 18.9 Å². The molecule has 1 nitrogen and oxygen atoms in total. The Kier molecular flexibility index (Phi) is 3.75. The molecule has 0 saturated carbocycles. The van der Waals surface area contributed by atoms with Crippen LogP contribution in [0.3, 0.4) is 0 Å². The minimum Gasteiger partial charge on any atom is -0.378 e. The van der Waals surface area contributed by atoms with Crippen LogP contribution in [-0.2, 0) is 6.42 Å². The molecule has 0 aromatic heterocycles. The third kappa shape index (κ3) is 2.76. The van der Waals surface area contributed by atoms with Crippen LogP contribution in [-0.4, -0.2) is 0 Å². The van der Waals surface area contributed by atoms with Gasteiger partial charge in [0.05, 0.1) is 16.1 Å². The molecule has 0 radical (unpaired) electrons. The van der Waals surface area contributed by atoms with E-state index in [4.69, 9.17) is 23.2 Å². The zero-order valence-electron chi connectivity index (χ0n) is 10.1.